The van der Waals surface area contributed by atoms with E-state index in [0.29, 0.717) is 37.8 Å². The zero-order valence-electron chi connectivity index (χ0n) is 14.2. The number of aryl methyl sites for hydroxylation is 3. The van der Waals surface area contributed by atoms with Gasteiger partial charge in [-0.1, -0.05) is 35.0 Å². The summed E-state index contributed by atoms with van der Waals surface area (Å²) in [5, 5.41) is 3.89. The van der Waals surface area contributed by atoms with Gasteiger partial charge >= 0.3 is 0 Å². The third-order valence-electron chi connectivity index (χ3n) is 4.23. The van der Waals surface area contributed by atoms with Gasteiger partial charge < -0.3 is 14.2 Å². The van der Waals surface area contributed by atoms with Crippen LogP contribution < -0.4 is 0 Å². The molecule has 1 aliphatic heterocycles. The van der Waals surface area contributed by atoms with E-state index in [1.807, 2.05) is 4.90 Å². The van der Waals surface area contributed by atoms with Crippen LogP contribution in [-0.4, -0.2) is 40.6 Å². The lowest BCUT2D eigenvalue weighted by atomic mass is 10.1. The van der Waals surface area contributed by atoms with Crippen LogP contribution in [0.25, 0.3) is 0 Å². The van der Waals surface area contributed by atoms with E-state index in [-0.39, 0.29) is 12.0 Å². The van der Waals surface area contributed by atoms with Crippen molar-refractivity contribution >= 4 is 5.91 Å². The standard InChI is InChI=1S/C18H23N3O3/c1-13-6-8-15(9-7-13)4-3-5-17(22)21-10-11-23-16(12-21)18-19-14(2)24-20-18/h6-9,16H,3-5,10-12H2,1-2H3/t16-/m0/s1. The molecule has 1 atom stereocenters. The van der Waals surface area contributed by atoms with Crippen LogP contribution in [0.15, 0.2) is 28.8 Å². The molecule has 1 amide bonds. The lowest BCUT2D eigenvalue weighted by molar-refractivity contribution is -0.139. The van der Waals surface area contributed by atoms with Gasteiger partial charge in [0.1, 0.15) is 6.10 Å². The minimum Gasteiger partial charge on any atom is -0.366 e. The maximum atomic E-state index is 12.4. The van der Waals surface area contributed by atoms with Gasteiger partial charge in [-0.15, -0.1) is 0 Å². The number of carbonyl (C=O) groups excluding carboxylic acids is 1. The highest BCUT2D eigenvalue weighted by atomic mass is 16.5. The molecule has 0 saturated carbocycles. The summed E-state index contributed by atoms with van der Waals surface area (Å²) in [4.78, 5) is 18.5. The van der Waals surface area contributed by atoms with Crippen LogP contribution in [0.4, 0.5) is 0 Å². The molecule has 24 heavy (non-hydrogen) atoms. The number of hydrogen-bond donors (Lipinski definition) is 0. The summed E-state index contributed by atoms with van der Waals surface area (Å²) in [6, 6.07) is 8.47. The molecule has 1 fully saturated rings. The Kier molecular flexibility index (Phi) is 5.25. The van der Waals surface area contributed by atoms with Crippen molar-refractivity contribution in [3.63, 3.8) is 0 Å². The number of ether oxygens (including phenoxy) is 1. The smallest absolute Gasteiger partial charge is 0.223 e. The largest absolute Gasteiger partial charge is 0.366 e. The fourth-order valence-corrected chi connectivity index (χ4v) is 2.83. The quantitative estimate of drug-likeness (QED) is 0.843. The first-order valence-corrected chi connectivity index (χ1v) is 8.37. The number of morpholine rings is 1. The van der Waals surface area contributed by atoms with Gasteiger partial charge in [-0.3, -0.25) is 4.79 Å². The summed E-state index contributed by atoms with van der Waals surface area (Å²) in [5.74, 6) is 1.19. The Bertz CT molecular complexity index is 681. The summed E-state index contributed by atoms with van der Waals surface area (Å²) >= 11 is 0. The van der Waals surface area contributed by atoms with Crippen molar-refractivity contribution in [3.05, 3.63) is 47.1 Å². The average Bonchev–Trinajstić information content (AvgIpc) is 3.03. The molecule has 6 nitrogen and oxygen atoms in total. The van der Waals surface area contributed by atoms with Crippen molar-refractivity contribution in [1.29, 1.82) is 0 Å². The topological polar surface area (TPSA) is 68.5 Å². The van der Waals surface area contributed by atoms with Crippen LogP contribution in [0.5, 0.6) is 0 Å². The molecule has 6 heteroatoms. The van der Waals surface area contributed by atoms with E-state index in [0.717, 1.165) is 12.8 Å². The third kappa shape index (κ3) is 4.20. The average molecular weight is 329 g/mol. The maximum Gasteiger partial charge on any atom is 0.223 e. The molecule has 1 aliphatic rings. The molecule has 0 radical (unpaired) electrons. The van der Waals surface area contributed by atoms with E-state index < -0.39 is 0 Å². The summed E-state index contributed by atoms with van der Waals surface area (Å²) in [6.07, 6.45) is 2.03. The number of benzene rings is 1. The molecule has 1 saturated heterocycles. The summed E-state index contributed by atoms with van der Waals surface area (Å²) in [7, 11) is 0. The second-order valence-corrected chi connectivity index (χ2v) is 6.21. The van der Waals surface area contributed by atoms with E-state index in [9.17, 15) is 4.79 Å². The molecule has 2 aromatic rings. The Balaban J connectivity index is 1.48. The Morgan fingerprint density at radius 3 is 2.79 bits per heavy atom. The zero-order valence-corrected chi connectivity index (χ0v) is 14.2. The first-order valence-electron chi connectivity index (χ1n) is 8.37. The molecule has 128 valence electrons. The number of amides is 1. The Hall–Kier alpha value is -2.21. The van der Waals surface area contributed by atoms with Gasteiger partial charge in [0.05, 0.1) is 13.2 Å². The van der Waals surface area contributed by atoms with Crippen LogP contribution in [0.3, 0.4) is 0 Å². The molecule has 0 spiro atoms. The van der Waals surface area contributed by atoms with Crippen LogP contribution in [0, 0.1) is 13.8 Å². The maximum absolute atomic E-state index is 12.4. The molecular weight excluding hydrogens is 306 g/mol. The molecule has 0 bridgehead atoms. The molecule has 1 aromatic carbocycles. The van der Waals surface area contributed by atoms with Gasteiger partial charge in [-0.2, -0.15) is 4.98 Å². The molecule has 0 unspecified atom stereocenters. The van der Waals surface area contributed by atoms with Crippen molar-refractivity contribution in [1.82, 2.24) is 15.0 Å². The molecule has 3 rings (SSSR count). The van der Waals surface area contributed by atoms with Crippen LogP contribution in [0.1, 0.15) is 41.8 Å². The molecule has 1 aromatic heterocycles. The fraction of sp³-hybridized carbons (Fsp3) is 0.500. The summed E-state index contributed by atoms with van der Waals surface area (Å²) in [6.45, 7) is 5.43. The minimum absolute atomic E-state index is 0.163. The van der Waals surface area contributed by atoms with Crippen molar-refractivity contribution in [2.24, 2.45) is 0 Å². The number of carbonyl (C=O) groups is 1. The normalized spacial score (nSPS) is 17.9. The highest BCUT2D eigenvalue weighted by molar-refractivity contribution is 5.76. The SMILES string of the molecule is Cc1ccc(CCCC(=O)N2CCO[C@H](c3noc(C)n3)C2)cc1. The third-order valence-corrected chi connectivity index (χ3v) is 4.23. The van der Waals surface area contributed by atoms with Gasteiger partial charge in [-0.25, -0.2) is 0 Å². The van der Waals surface area contributed by atoms with Crippen molar-refractivity contribution in [2.45, 2.75) is 39.2 Å². The molecular formula is C18H23N3O3. The van der Waals surface area contributed by atoms with Gasteiger partial charge in [0.25, 0.3) is 0 Å². The van der Waals surface area contributed by atoms with E-state index in [1.165, 1.54) is 11.1 Å². The predicted molar refractivity (Wildman–Crippen MR) is 88.4 cm³/mol. The highest BCUT2D eigenvalue weighted by Gasteiger charge is 2.28. The van der Waals surface area contributed by atoms with Crippen LogP contribution >= 0.6 is 0 Å². The van der Waals surface area contributed by atoms with E-state index in [2.05, 4.69) is 41.3 Å². The predicted octanol–water partition coefficient (Wildman–Crippen LogP) is 2.61. The van der Waals surface area contributed by atoms with Gasteiger partial charge in [0.15, 0.2) is 0 Å². The van der Waals surface area contributed by atoms with Crippen molar-refractivity contribution < 1.29 is 14.1 Å². The lowest BCUT2D eigenvalue weighted by Crippen LogP contribution is -2.42. The second kappa shape index (κ2) is 7.57. The summed E-state index contributed by atoms with van der Waals surface area (Å²) in [5.41, 5.74) is 2.53. The van der Waals surface area contributed by atoms with Crippen LogP contribution in [0.2, 0.25) is 0 Å². The van der Waals surface area contributed by atoms with Crippen molar-refractivity contribution in [2.75, 3.05) is 19.7 Å². The lowest BCUT2D eigenvalue weighted by Gasteiger charge is -2.31. The van der Waals surface area contributed by atoms with Crippen LogP contribution in [-0.2, 0) is 16.0 Å². The van der Waals surface area contributed by atoms with Gasteiger partial charge in [0.2, 0.25) is 17.6 Å². The monoisotopic (exact) mass is 329 g/mol. The molecule has 0 N–H and O–H groups in total. The zero-order chi connectivity index (χ0) is 16.9. The fourth-order valence-electron chi connectivity index (χ4n) is 2.83. The van der Waals surface area contributed by atoms with Gasteiger partial charge in [-0.05, 0) is 25.3 Å². The summed E-state index contributed by atoms with van der Waals surface area (Å²) < 4.78 is 10.7. The van der Waals surface area contributed by atoms with E-state index >= 15 is 0 Å². The van der Waals surface area contributed by atoms with E-state index in [1.54, 1.807) is 6.92 Å². The number of nitrogens with zero attached hydrogens (tertiary/aromatic N) is 3. The van der Waals surface area contributed by atoms with E-state index in [4.69, 9.17) is 9.26 Å². The number of aromatic nitrogens is 2. The first-order chi connectivity index (χ1) is 11.6. The van der Waals surface area contributed by atoms with Gasteiger partial charge in [0, 0.05) is 19.9 Å². The Labute approximate surface area is 141 Å². The Morgan fingerprint density at radius 1 is 1.29 bits per heavy atom. The number of rotatable bonds is 5. The first kappa shape index (κ1) is 16.6. The highest BCUT2D eigenvalue weighted by Crippen LogP contribution is 2.20. The molecule has 0 aliphatic carbocycles. The number of hydrogen-bond acceptors (Lipinski definition) is 5. The molecule has 2 heterocycles. The minimum atomic E-state index is -0.294. The van der Waals surface area contributed by atoms with Crippen molar-refractivity contribution in [3.8, 4) is 0 Å². The second-order valence-electron chi connectivity index (χ2n) is 6.21. The Morgan fingerprint density at radius 2 is 2.08 bits per heavy atom.